The third-order valence-corrected chi connectivity index (χ3v) is 8.25. The fourth-order valence-electron chi connectivity index (χ4n) is 4.01. The van der Waals surface area contributed by atoms with Crippen molar-refractivity contribution in [1.82, 2.24) is 10.2 Å². The summed E-state index contributed by atoms with van der Waals surface area (Å²) in [6.45, 7) is 5.57. The van der Waals surface area contributed by atoms with E-state index in [1.165, 1.54) is 4.90 Å². The van der Waals surface area contributed by atoms with Gasteiger partial charge in [-0.05, 0) is 60.4 Å². The zero-order valence-electron chi connectivity index (χ0n) is 22.2. The largest absolute Gasteiger partial charge is 0.354 e. The lowest BCUT2D eigenvalue weighted by atomic mass is 10.1. The zero-order valence-corrected chi connectivity index (χ0v) is 23.8. The van der Waals surface area contributed by atoms with Crippen molar-refractivity contribution in [1.29, 1.82) is 0 Å². The molecule has 0 aliphatic heterocycles. The van der Waals surface area contributed by atoms with Gasteiger partial charge in [-0.15, -0.1) is 0 Å². The third-order valence-electron chi connectivity index (χ3n) is 6.09. The van der Waals surface area contributed by atoms with E-state index in [9.17, 15) is 22.4 Å². The van der Waals surface area contributed by atoms with Gasteiger partial charge in [-0.1, -0.05) is 68.8 Å². The Morgan fingerprint density at radius 2 is 1.56 bits per heavy atom. The van der Waals surface area contributed by atoms with Crippen molar-refractivity contribution in [3.05, 3.63) is 95.3 Å². The Balaban J connectivity index is 2.03. The van der Waals surface area contributed by atoms with Crippen LogP contribution in [0.5, 0.6) is 0 Å². The Morgan fingerprint density at radius 1 is 0.949 bits per heavy atom. The number of carbonyl (C=O) groups is 2. The van der Waals surface area contributed by atoms with E-state index in [1.54, 1.807) is 61.5 Å². The van der Waals surface area contributed by atoms with Gasteiger partial charge in [0, 0.05) is 18.1 Å². The van der Waals surface area contributed by atoms with Gasteiger partial charge < -0.3 is 10.2 Å². The fraction of sp³-hybridized carbons (Fsp3) is 0.310. The summed E-state index contributed by atoms with van der Waals surface area (Å²) in [5, 5.41) is 3.30. The van der Waals surface area contributed by atoms with Crippen LogP contribution in [0.15, 0.2) is 83.8 Å². The average Bonchev–Trinajstić information content (AvgIpc) is 2.92. The molecule has 10 heteroatoms. The molecule has 0 fully saturated rings. The molecule has 1 N–H and O–H groups in total. The first-order chi connectivity index (χ1) is 18.5. The molecular weight excluding hydrogens is 541 g/mol. The number of anilines is 1. The second-order valence-electron chi connectivity index (χ2n) is 9.48. The number of sulfonamides is 1. The highest BCUT2D eigenvalue weighted by Gasteiger charge is 2.34. The van der Waals surface area contributed by atoms with Gasteiger partial charge in [0.05, 0.1) is 10.6 Å². The molecule has 0 radical (unpaired) electrons. The number of nitrogens with zero attached hydrogens (tertiary/aromatic N) is 2. The van der Waals surface area contributed by atoms with E-state index >= 15 is 0 Å². The molecule has 0 unspecified atom stereocenters. The molecule has 1 atom stereocenters. The van der Waals surface area contributed by atoms with Gasteiger partial charge in [0.15, 0.2) is 0 Å². The highest BCUT2D eigenvalue weighted by atomic mass is 35.5. The maximum atomic E-state index is 14.0. The number of para-hydroxylation sites is 1. The number of halogens is 2. The molecule has 0 saturated heterocycles. The molecule has 39 heavy (non-hydrogen) atoms. The molecule has 0 spiro atoms. The Bertz CT molecular complexity index is 1370. The predicted molar refractivity (Wildman–Crippen MR) is 151 cm³/mol. The van der Waals surface area contributed by atoms with Crippen molar-refractivity contribution >= 4 is 39.1 Å². The molecule has 3 rings (SSSR count). The van der Waals surface area contributed by atoms with Gasteiger partial charge in [-0.2, -0.15) is 0 Å². The molecule has 0 heterocycles. The molecule has 0 aromatic heterocycles. The van der Waals surface area contributed by atoms with Crippen LogP contribution in [0.25, 0.3) is 0 Å². The molecule has 2 amide bonds. The number of rotatable bonds is 12. The summed E-state index contributed by atoms with van der Waals surface area (Å²) in [5.41, 5.74) is 0.875. The maximum Gasteiger partial charge on any atom is 0.264 e. The number of amides is 2. The number of carbonyl (C=O) groups excluding carboxylic acids is 2. The van der Waals surface area contributed by atoms with E-state index in [-0.39, 0.29) is 29.0 Å². The van der Waals surface area contributed by atoms with E-state index in [1.807, 2.05) is 13.8 Å². The lowest BCUT2D eigenvalue weighted by Crippen LogP contribution is -2.52. The van der Waals surface area contributed by atoms with E-state index in [0.717, 1.165) is 28.6 Å². The van der Waals surface area contributed by atoms with Crippen molar-refractivity contribution in [3.8, 4) is 0 Å². The molecule has 0 saturated carbocycles. The first kappa shape index (κ1) is 30.1. The smallest absolute Gasteiger partial charge is 0.264 e. The highest BCUT2D eigenvalue weighted by molar-refractivity contribution is 7.92. The lowest BCUT2D eigenvalue weighted by molar-refractivity contribution is -0.140. The summed E-state index contributed by atoms with van der Waals surface area (Å²) in [4.78, 5) is 28.4. The number of hydrogen-bond acceptors (Lipinski definition) is 4. The van der Waals surface area contributed by atoms with Crippen LogP contribution in [-0.4, -0.2) is 44.3 Å². The summed E-state index contributed by atoms with van der Waals surface area (Å²) in [6, 6.07) is 18.7. The minimum absolute atomic E-state index is 0.00530. The lowest BCUT2D eigenvalue weighted by Gasteiger charge is -2.33. The molecule has 3 aromatic rings. The average molecular weight is 574 g/mol. The van der Waals surface area contributed by atoms with Crippen LogP contribution in [-0.2, 0) is 26.2 Å². The summed E-state index contributed by atoms with van der Waals surface area (Å²) in [6.07, 6.45) is 0.302. The Morgan fingerprint density at radius 3 is 2.15 bits per heavy atom. The van der Waals surface area contributed by atoms with Crippen LogP contribution in [0.4, 0.5) is 10.1 Å². The monoisotopic (exact) mass is 573 g/mol. The van der Waals surface area contributed by atoms with Gasteiger partial charge in [-0.3, -0.25) is 13.9 Å². The molecule has 208 valence electrons. The van der Waals surface area contributed by atoms with Crippen LogP contribution >= 0.6 is 11.6 Å². The number of hydrogen-bond donors (Lipinski definition) is 1. The molecule has 0 aliphatic carbocycles. The molecule has 3 aromatic carbocycles. The number of nitrogens with one attached hydrogen (secondary N) is 1. The Labute approximate surface area is 234 Å². The highest BCUT2D eigenvalue weighted by Crippen LogP contribution is 2.25. The van der Waals surface area contributed by atoms with Crippen molar-refractivity contribution in [2.75, 3.05) is 17.4 Å². The van der Waals surface area contributed by atoms with Crippen LogP contribution in [0.2, 0.25) is 5.02 Å². The maximum absolute atomic E-state index is 14.0. The second-order valence-corrected chi connectivity index (χ2v) is 11.7. The molecule has 0 bridgehead atoms. The third kappa shape index (κ3) is 7.80. The zero-order chi connectivity index (χ0) is 28.6. The first-order valence-electron chi connectivity index (χ1n) is 12.7. The molecule has 0 aliphatic rings. The summed E-state index contributed by atoms with van der Waals surface area (Å²) >= 11 is 6.39. The van der Waals surface area contributed by atoms with Gasteiger partial charge in [0.25, 0.3) is 10.0 Å². The SMILES string of the molecule is CC[C@@H](C(=O)NCC(C)C)N(Cc1ccccc1Cl)C(=O)CN(c1ccccc1)S(=O)(=O)c1ccc(F)cc1. The van der Waals surface area contributed by atoms with Crippen molar-refractivity contribution in [2.45, 2.75) is 44.7 Å². The first-order valence-corrected chi connectivity index (χ1v) is 14.5. The van der Waals surface area contributed by atoms with Crippen molar-refractivity contribution in [2.24, 2.45) is 5.92 Å². The van der Waals surface area contributed by atoms with Crippen LogP contribution in [0.1, 0.15) is 32.8 Å². The van der Waals surface area contributed by atoms with Gasteiger partial charge >= 0.3 is 0 Å². The minimum Gasteiger partial charge on any atom is -0.354 e. The summed E-state index contributed by atoms with van der Waals surface area (Å²) < 4.78 is 41.9. The van der Waals surface area contributed by atoms with Crippen LogP contribution in [0, 0.1) is 11.7 Å². The normalized spacial score (nSPS) is 12.2. The summed E-state index contributed by atoms with van der Waals surface area (Å²) in [5.74, 6) is -1.30. The van der Waals surface area contributed by atoms with Crippen molar-refractivity contribution in [3.63, 3.8) is 0 Å². The van der Waals surface area contributed by atoms with Crippen molar-refractivity contribution < 1.29 is 22.4 Å². The Hall–Kier alpha value is -3.43. The predicted octanol–water partition coefficient (Wildman–Crippen LogP) is 5.25. The molecule has 7 nitrogen and oxygen atoms in total. The van der Waals surface area contributed by atoms with E-state index in [2.05, 4.69) is 5.32 Å². The van der Waals surface area contributed by atoms with Crippen LogP contribution < -0.4 is 9.62 Å². The van der Waals surface area contributed by atoms with Gasteiger partial charge in [0.1, 0.15) is 18.4 Å². The van der Waals surface area contributed by atoms with Gasteiger partial charge in [0.2, 0.25) is 11.8 Å². The van der Waals surface area contributed by atoms with E-state index in [4.69, 9.17) is 11.6 Å². The molecular formula is C29H33ClFN3O4S. The van der Waals surface area contributed by atoms with E-state index in [0.29, 0.717) is 23.6 Å². The van der Waals surface area contributed by atoms with Crippen LogP contribution in [0.3, 0.4) is 0 Å². The standard InChI is InChI=1S/C29H33ClFN3O4S/c1-4-27(29(36)32-18-21(2)3)33(19-22-10-8-9-13-26(22)30)28(35)20-34(24-11-6-5-7-12-24)39(37,38)25-16-14-23(31)15-17-25/h5-17,21,27H,4,18-20H2,1-3H3,(H,32,36)/t27-/m0/s1. The fourth-order valence-corrected chi connectivity index (χ4v) is 5.62. The Kier molecular flexibility index (Phi) is 10.5. The minimum atomic E-state index is -4.26. The topological polar surface area (TPSA) is 86.8 Å². The second kappa shape index (κ2) is 13.6. The summed E-state index contributed by atoms with van der Waals surface area (Å²) in [7, 11) is -4.26. The van der Waals surface area contributed by atoms with Gasteiger partial charge in [-0.25, -0.2) is 12.8 Å². The number of benzene rings is 3. The van der Waals surface area contributed by atoms with E-state index < -0.39 is 34.3 Å². The quantitative estimate of drug-likeness (QED) is 0.320.